The molecule has 1 fully saturated rings. The Morgan fingerprint density at radius 3 is 2.55 bits per heavy atom. The minimum Gasteiger partial charge on any atom is -0.421 e. The number of carbonyl (C=O) groups is 1. The molecule has 0 bridgehead atoms. The summed E-state index contributed by atoms with van der Waals surface area (Å²) in [5, 5.41) is 14.4. The van der Waals surface area contributed by atoms with Gasteiger partial charge in [-0.3, -0.25) is 4.79 Å². The van der Waals surface area contributed by atoms with E-state index in [2.05, 4.69) is 51.7 Å². The van der Waals surface area contributed by atoms with E-state index in [1.54, 1.807) is 25.2 Å². The largest absolute Gasteiger partial charge is 0.421 e. The Balaban J connectivity index is 1.38. The van der Waals surface area contributed by atoms with Crippen LogP contribution in [0.1, 0.15) is 38.0 Å². The van der Waals surface area contributed by atoms with Crippen molar-refractivity contribution >= 4 is 11.5 Å². The minimum absolute atomic E-state index is 0.132. The van der Waals surface area contributed by atoms with Crippen molar-refractivity contribution in [3.05, 3.63) is 66.5 Å². The van der Waals surface area contributed by atoms with Crippen molar-refractivity contribution in [3.63, 3.8) is 0 Å². The van der Waals surface area contributed by atoms with Crippen LogP contribution in [0, 0.1) is 18.8 Å². The number of aromatic nitrogens is 2. The molecule has 29 heavy (non-hydrogen) atoms. The summed E-state index contributed by atoms with van der Waals surface area (Å²) in [4.78, 5) is 12.4. The van der Waals surface area contributed by atoms with Gasteiger partial charge in [0.2, 0.25) is 11.8 Å². The van der Waals surface area contributed by atoms with E-state index in [1.807, 2.05) is 6.92 Å². The normalized spacial score (nSPS) is 23.9. The van der Waals surface area contributed by atoms with Crippen LogP contribution in [-0.4, -0.2) is 35.2 Å². The number of amides is 1. The second-order valence-corrected chi connectivity index (χ2v) is 7.63. The molecule has 6 heteroatoms. The average molecular weight is 395 g/mol. The molecule has 0 saturated heterocycles. The predicted molar refractivity (Wildman–Crippen MR) is 115 cm³/mol. The van der Waals surface area contributed by atoms with Gasteiger partial charge in [0.05, 0.1) is 0 Å². The third-order valence-corrected chi connectivity index (χ3v) is 5.42. The van der Waals surface area contributed by atoms with Gasteiger partial charge < -0.3 is 15.1 Å². The Morgan fingerprint density at radius 1 is 1.21 bits per heavy atom. The molecule has 2 atom stereocenters. The fourth-order valence-electron chi connectivity index (χ4n) is 3.80. The van der Waals surface area contributed by atoms with Gasteiger partial charge in [-0.15, -0.1) is 10.2 Å². The quantitative estimate of drug-likeness (QED) is 0.381. The summed E-state index contributed by atoms with van der Waals surface area (Å²) >= 11 is 0. The number of nitrogens with zero attached hydrogens (tertiary/aromatic N) is 2. The molecule has 2 aliphatic rings. The van der Waals surface area contributed by atoms with E-state index < -0.39 is 0 Å². The predicted octanol–water partition coefficient (Wildman–Crippen LogP) is 3.51. The van der Waals surface area contributed by atoms with E-state index in [0.717, 1.165) is 18.5 Å². The Bertz CT molecular complexity index is 827. The van der Waals surface area contributed by atoms with Gasteiger partial charge >= 0.3 is 0 Å². The van der Waals surface area contributed by atoms with Gasteiger partial charge in [-0.05, 0) is 50.6 Å². The maximum Gasteiger partial charge on any atom is 0.251 e. The van der Waals surface area contributed by atoms with E-state index in [1.165, 1.54) is 12.8 Å². The lowest BCUT2D eigenvalue weighted by atomic mass is 9.92. The van der Waals surface area contributed by atoms with Gasteiger partial charge in [-0.1, -0.05) is 43.0 Å². The third kappa shape index (κ3) is 5.87. The molecule has 1 saturated carbocycles. The fraction of sp³-hybridized carbons (Fsp3) is 0.435. The lowest BCUT2D eigenvalue weighted by molar-refractivity contribution is -0.117. The summed E-state index contributed by atoms with van der Waals surface area (Å²) < 4.78 is 5.38. The van der Waals surface area contributed by atoms with Crippen LogP contribution in [0.25, 0.3) is 5.57 Å². The number of aryl methyl sites for hydroxylation is 1. The standard InChI is InChI=1S/C23H30N4O2/c1-4-18(11-10-16(2)23-27-26-17(3)29-23)22(28)25-13-7-12-24-21-14-19-8-5-6-9-20(19)15-21/h4-6,8-11,19-21,24H,1,7,12-15H2,2-3H3,(H,25,28)/b16-10+,18-11+. The van der Waals surface area contributed by atoms with Crippen LogP contribution in [0.5, 0.6) is 0 Å². The molecule has 1 aromatic heterocycles. The first-order valence-electron chi connectivity index (χ1n) is 10.2. The number of nitrogens with one attached hydrogen (secondary N) is 2. The van der Waals surface area contributed by atoms with Gasteiger partial charge in [0.1, 0.15) is 0 Å². The van der Waals surface area contributed by atoms with Crippen molar-refractivity contribution < 1.29 is 9.21 Å². The highest BCUT2D eigenvalue weighted by Crippen LogP contribution is 2.35. The smallest absolute Gasteiger partial charge is 0.251 e. The van der Waals surface area contributed by atoms with Gasteiger partial charge in [0.25, 0.3) is 5.91 Å². The Morgan fingerprint density at radius 2 is 1.93 bits per heavy atom. The number of allylic oxidation sites excluding steroid dienone is 7. The van der Waals surface area contributed by atoms with Crippen molar-refractivity contribution in [1.29, 1.82) is 0 Å². The molecule has 2 unspecified atom stereocenters. The molecule has 0 radical (unpaired) electrons. The molecule has 0 aromatic carbocycles. The Labute approximate surface area is 172 Å². The monoisotopic (exact) mass is 394 g/mol. The van der Waals surface area contributed by atoms with Gasteiger partial charge in [-0.2, -0.15) is 0 Å². The second kappa shape index (κ2) is 10.2. The van der Waals surface area contributed by atoms with E-state index >= 15 is 0 Å². The number of hydrogen-bond donors (Lipinski definition) is 2. The van der Waals surface area contributed by atoms with Crippen LogP contribution in [-0.2, 0) is 4.79 Å². The van der Waals surface area contributed by atoms with Gasteiger partial charge in [0.15, 0.2) is 0 Å². The van der Waals surface area contributed by atoms with Crippen molar-refractivity contribution in [2.75, 3.05) is 13.1 Å². The van der Waals surface area contributed by atoms with Crippen LogP contribution in [0.15, 0.2) is 59.1 Å². The molecule has 154 valence electrons. The van der Waals surface area contributed by atoms with Crippen molar-refractivity contribution in [1.82, 2.24) is 20.8 Å². The van der Waals surface area contributed by atoms with Crippen LogP contribution >= 0.6 is 0 Å². The highest BCUT2D eigenvalue weighted by molar-refractivity contribution is 5.96. The first kappa shape index (κ1) is 21.0. The molecule has 0 spiro atoms. The van der Waals surface area contributed by atoms with Gasteiger partial charge in [0, 0.05) is 30.7 Å². The van der Waals surface area contributed by atoms with Crippen LogP contribution in [0.2, 0.25) is 0 Å². The number of rotatable bonds is 9. The molecular formula is C23H30N4O2. The number of fused-ring (bicyclic) bond motifs is 1. The van der Waals surface area contributed by atoms with Crippen LogP contribution in [0.4, 0.5) is 0 Å². The lowest BCUT2D eigenvalue weighted by Crippen LogP contribution is -2.31. The summed E-state index contributed by atoms with van der Waals surface area (Å²) in [5.41, 5.74) is 1.30. The molecule has 2 aliphatic carbocycles. The average Bonchev–Trinajstić information content (AvgIpc) is 3.33. The van der Waals surface area contributed by atoms with Crippen molar-refractivity contribution in [3.8, 4) is 0 Å². The van der Waals surface area contributed by atoms with E-state index in [-0.39, 0.29) is 5.91 Å². The number of hydrogen-bond acceptors (Lipinski definition) is 5. The highest BCUT2D eigenvalue weighted by Gasteiger charge is 2.31. The third-order valence-electron chi connectivity index (χ3n) is 5.42. The maximum absolute atomic E-state index is 12.4. The zero-order valence-electron chi connectivity index (χ0n) is 17.2. The second-order valence-electron chi connectivity index (χ2n) is 7.63. The maximum atomic E-state index is 12.4. The Hall–Kier alpha value is -2.73. The molecule has 3 rings (SSSR count). The molecule has 0 aliphatic heterocycles. The first-order valence-corrected chi connectivity index (χ1v) is 10.2. The molecule has 1 amide bonds. The minimum atomic E-state index is -0.132. The summed E-state index contributed by atoms with van der Waals surface area (Å²) in [6.07, 6.45) is 17.3. The zero-order valence-corrected chi connectivity index (χ0v) is 17.2. The fourth-order valence-corrected chi connectivity index (χ4v) is 3.80. The molecule has 2 N–H and O–H groups in total. The lowest BCUT2D eigenvalue weighted by Gasteiger charge is -2.13. The molecule has 1 aromatic rings. The number of carbonyl (C=O) groups excluding carboxylic acids is 1. The van der Waals surface area contributed by atoms with Crippen LogP contribution < -0.4 is 10.6 Å². The highest BCUT2D eigenvalue weighted by atomic mass is 16.4. The SMILES string of the molecule is C=C/C(=C\C=C(/C)c1nnc(C)o1)C(=O)NCCCNC1CC2C=CC=CC2C1. The van der Waals surface area contributed by atoms with Crippen molar-refractivity contribution in [2.24, 2.45) is 11.8 Å². The zero-order chi connectivity index (χ0) is 20.6. The summed E-state index contributed by atoms with van der Waals surface area (Å²) in [6, 6.07) is 0.568. The molecule has 1 heterocycles. The van der Waals surface area contributed by atoms with Crippen LogP contribution in [0.3, 0.4) is 0 Å². The first-order chi connectivity index (χ1) is 14.1. The summed E-state index contributed by atoms with van der Waals surface area (Å²) in [7, 11) is 0. The van der Waals surface area contributed by atoms with E-state index in [9.17, 15) is 4.79 Å². The molecular weight excluding hydrogens is 364 g/mol. The van der Waals surface area contributed by atoms with Crippen molar-refractivity contribution in [2.45, 2.75) is 39.2 Å². The Kier molecular flexibility index (Phi) is 7.36. The van der Waals surface area contributed by atoms with E-state index in [0.29, 0.717) is 41.8 Å². The summed E-state index contributed by atoms with van der Waals surface area (Å²) in [5.74, 6) is 2.20. The topological polar surface area (TPSA) is 80.0 Å². The van der Waals surface area contributed by atoms with Gasteiger partial charge in [-0.25, -0.2) is 0 Å². The summed E-state index contributed by atoms with van der Waals surface area (Å²) in [6.45, 7) is 8.87. The molecule has 6 nitrogen and oxygen atoms in total. The van der Waals surface area contributed by atoms with E-state index in [4.69, 9.17) is 4.42 Å².